The summed E-state index contributed by atoms with van der Waals surface area (Å²) in [6, 6.07) is 0.560. The number of aryl methyl sites for hydroxylation is 1. The summed E-state index contributed by atoms with van der Waals surface area (Å²) in [4.78, 5) is 0. The van der Waals surface area contributed by atoms with Crippen LogP contribution in [0.5, 0.6) is 0 Å². The molecular weight excluding hydrogens is 334 g/mol. The van der Waals surface area contributed by atoms with Crippen LogP contribution in [0.15, 0.2) is 0 Å². The third-order valence-electron chi connectivity index (χ3n) is 7.06. The topological polar surface area (TPSA) is 64.0 Å². The molecule has 1 aliphatic heterocycles. The third kappa shape index (κ3) is 3.27. The van der Waals surface area contributed by atoms with Gasteiger partial charge in [-0.2, -0.15) is 5.10 Å². The second-order valence-corrected chi connectivity index (χ2v) is 10.9. The third-order valence-corrected chi connectivity index (χ3v) is 8.82. The summed E-state index contributed by atoms with van der Waals surface area (Å²) in [6.07, 6.45) is 6.41. The lowest BCUT2D eigenvalue weighted by atomic mass is 9.84. The number of fused-ring (bicyclic) bond motifs is 2. The predicted octanol–water partition coefficient (Wildman–Crippen LogP) is 2.77. The van der Waals surface area contributed by atoms with E-state index in [0.717, 1.165) is 35.7 Å². The van der Waals surface area contributed by atoms with Crippen LogP contribution in [0.1, 0.15) is 62.0 Å². The zero-order chi connectivity index (χ0) is 17.8. The first-order valence-corrected chi connectivity index (χ1v) is 11.6. The predicted molar refractivity (Wildman–Crippen MR) is 99.2 cm³/mol. The lowest BCUT2D eigenvalue weighted by molar-refractivity contribution is 0.259. The molecular formula is C19H31N3O2S. The van der Waals surface area contributed by atoms with Crippen molar-refractivity contribution in [3.05, 3.63) is 17.0 Å². The second kappa shape index (κ2) is 6.38. The van der Waals surface area contributed by atoms with Crippen LogP contribution in [0.4, 0.5) is 0 Å². The molecule has 2 bridgehead atoms. The normalized spacial score (nSPS) is 34.7. The molecule has 2 saturated carbocycles. The first-order chi connectivity index (χ1) is 11.8. The Balaban J connectivity index is 1.43. The quantitative estimate of drug-likeness (QED) is 0.871. The van der Waals surface area contributed by atoms with E-state index in [-0.39, 0.29) is 11.8 Å². The molecule has 0 amide bonds. The molecule has 5 atom stereocenters. The maximum atomic E-state index is 11.8. The van der Waals surface area contributed by atoms with Gasteiger partial charge in [0.2, 0.25) is 0 Å². The summed E-state index contributed by atoms with van der Waals surface area (Å²) in [7, 11) is -2.88. The molecule has 0 aromatic carbocycles. The summed E-state index contributed by atoms with van der Waals surface area (Å²) >= 11 is 0. The van der Waals surface area contributed by atoms with Crippen molar-refractivity contribution in [2.45, 2.75) is 71.5 Å². The first-order valence-electron chi connectivity index (χ1n) is 9.82. The van der Waals surface area contributed by atoms with Crippen LogP contribution in [0.3, 0.4) is 0 Å². The molecule has 0 unspecified atom stereocenters. The van der Waals surface area contributed by atoms with Crippen molar-refractivity contribution in [3.8, 4) is 0 Å². The Morgan fingerprint density at radius 3 is 2.64 bits per heavy atom. The molecule has 3 aliphatic rings. The minimum absolute atomic E-state index is 0.0143. The first kappa shape index (κ1) is 17.5. The van der Waals surface area contributed by atoms with Gasteiger partial charge in [-0.1, -0.05) is 6.42 Å². The van der Waals surface area contributed by atoms with E-state index in [1.54, 1.807) is 0 Å². The van der Waals surface area contributed by atoms with Crippen molar-refractivity contribution in [2.75, 3.05) is 11.5 Å². The van der Waals surface area contributed by atoms with E-state index in [1.807, 2.05) is 11.6 Å². The highest BCUT2D eigenvalue weighted by atomic mass is 32.2. The SMILES string of the molecule is Cc1nn([C@@H]2CCS(=O)(=O)C2)c(C)c1CN[C@H](C)[C@H]1C[C@H]2CC[C@H]1C2. The van der Waals surface area contributed by atoms with Gasteiger partial charge in [0.1, 0.15) is 0 Å². The molecule has 2 heterocycles. The monoisotopic (exact) mass is 365 g/mol. The van der Waals surface area contributed by atoms with Crippen LogP contribution >= 0.6 is 0 Å². The van der Waals surface area contributed by atoms with Crippen LogP contribution in [-0.2, 0) is 16.4 Å². The van der Waals surface area contributed by atoms with Gasteiger partial charge in [0, 0.05) is 23.8 Å². The Kier molecular flexibility index (Phi) is 4.47. The van der Waals surface area contributed by atoms with Crippen molar-refractivity contribution in [1.29, 1.82) is 0 Å². The van der Waals surface area contributed by atoms with Gasteiger partial charge in [-0.3, -0.25) is 4.68 Å². The molecule has 25 heavy (non-hydrogen) atoms. The molecule has 4 rings (SSSR count). The highest BCUT2D eigenvalue weighted by Gasteiger charge is 2.41. The van der Waals surface area contributed by atoms with Crippen LogP contribution in [-0.4, -0.2) is 35.7 Å². The van der Waals surface area contributed by atoms with Crippen molar-refractivity contribution in [1.82, 2.24) is 15.1 Å². The molecule has 5 nitrogen and oxygen atoms in total. The summed E-state index contributed by atoms with van der Waals surface area (Å²) in [5, 5.41) is 8.44. The summed E-state index contributed by atoms with van der Waals surface area (Å²) in [5.41, 5.74) is 3.42. The molecule has 1 saturated heterocycles. The molecule has 1 aromatic rings. The Hall–Kier alpha value is -0.880. The Morgan fingerprint density at radius 1 is 1.24 bits per heavy atom. The maximum Gasteiger partial charge on any atom is 0.152 e. The number of sulfone groups is 1. The summed E-state index contributed by atoms with van der Waals surface area (Å²) in [5.74, 6) is 3.28. The van der Waals surface area contributed by atoms with Crippen LogP contribution in [0.2, 0.25) is 0 Å². The number of rotatable bonds is 5. The van der Waals surface area contributed by atoms with Crippen molar-refractivity contribution < 1.29 is 8.42 Å². The lowest BCUT2D eigenvalue weighted by Crippen LogP contribution is -2.36. The molecule has 0 radical (unpaired) electrons. The van der Waals surface area contributed by atoms with Crippen molar-refractivity contribution in [2.24, 2.45) is 17.8 Å². The smallest absolute Gasteiger partial charge is 0.152 e. The fourth-order valence-corrected chi connectivity index (χ4v) is 7.29. The average molecular weight is 366 g/mol. The highest BCUT2D eigenvalue weighted by molar-refractivity contribution is 7.91. The van der Waals surface area contributed by atoms with Gasteiger partial charge in [-0.15, -0.1) is 0 Å². The standard InChI is InChI=1S/C19H31N3O2S/c1-12(18-9-15-4-5-16(18)8-15)20-10-19-13(2)21-22(14(19)3)17-6-7-25(23,24)11-17/h12,15-18,20H,4-11H2,1-3H3/t12-,15+,16+,17-,18-/m1/s1. The van der Waals surface area contributed by atoms with Gasteiger partial charge >= 0.3 is 0 Å². The Labute approximate surface area is 151 Å². The number of aromatic nitrogens is 2. The fourth-order valence-electron chi connectivity index (χ4n) is 5.60. The van der Waals surface area contributed by atoms with Crippen molar-refractivity contribution in [3.63, 3.8) is 0 Å². The number of hydrogen-bond donors (Lipinski definition) is 1. The van der Waals surface area contributed by atoms with Gasteiger partial charge in [-0.25, -0.2) is 8.42 Å². The molecule has 6 heteroatoms. The summed E-state index contributed by atoms with van der Waals surface area (Å²) < 4.78 is 25.5. The van der Waals surface area contributed by atoms with Crippen LogP contribution < -0.4 is 5.32 Å². The van der Waals surface area contributed by atoms with E-state index in [0.29, 0.717) is 18.2 Å². The number of nitrogens with one attached hydrogen (secondary N) is 1. The van der Waals surface area contributed by atoms with Gasteiger partial charge in [-0.05, 0) is 64.2 Å². The zero-order valence-electron chi connectivity index (χ0n) is 15.7. The molecule has 140 valence electrons. The molecule has 1 aromatic heterocycles. The average Bonchev–Trinajstić information content (AvgIpc) is 3.30. The molecule has 1 N–H and O–H groups in total. The van der Waals surface area contributed by atoms with E-state index in [4.69, 9.17) is 0 Å². The Bertz CT molecular complexity index is 755. The largest absolute Gasteiger partial charge is 0.310 e. The Morgan fingerprint density at radius 2 is 2.04 bits per heavy atom. The van der Waals surface area contributed by atoms with E-state index < -0.39 is 9.84 Å². The van der Waals surface area contributed by atoms with E-state index in [1.165, 1.54) is 31.2 Å². The zero-order valence-corrected chi connectivity index (χ0v) is 16.5. The van der Waals surface area contributed by atoms with E-state index in [9.17, 15) is 8.42 Å². The highest BCUT2D eigenvalue weighted by Crippen LogP contribution is 2.49. The summed E-state index contributed by atoms with van der Waals surface area (Å²) in [6.45, 7) is 7.31. The minimum atomic E-state index is -2.88. The molecule has 3 fully saturated rings. The van der Waals surface area contributed by atoms with Crippen molar-refractivity contribution >= 4 is 9.84 Å². The fraction of sp³-hybridized carbons (Fsp3) is 0.842. The minimum Gasteiger partial charge on any atom is -0.310 e. The lowest BCUT2D eigenvalue weighted by Gasteiger charge is -2.28. The van der Waals surface area contributed by atoms with E-state index in [2.05, 4.69) is 24.3 Å². The van der Waals surface area contributed by atoms with Crippen LogP contribution in [0.25, 0.3) is 0 Å². The second-order valence-electron chi connectivity index (χ2n) is 8.66. The van der Waals surface area contributed by atoms with E-state index >= 15 is 0 Å². The number of hydrogen-bond acceptors (Lipinski definition) is 4. The molecule has 2 aliphatic carbocycles. The van der Waals surface area contributed by atoms with Crippen LogP contribution in [0, 0.1) is 31.6 Å². The van der Waals surface area contributed by atoms with Gasteiger partial charge in [0.15, 0.2) is 9.84 Å². The van der Waals surface area contributed by atoms with Gasteiger partial charge in [0.05, 0.1) is 23.2 Å². The maximum absolute atomic E-state index is 11.8. The number of nitrogens with zero attached hydrogens (tertiary/aromatic N) is 2. The molecule has 0 spiro atoms. The van der Waals surface area contributed by atoms with Gasteiger partial charge in [0.25, 0.3) is 0 Å². The van der Waals surface area contributed by atoms with Gasteiger partial charge < -0.3 is 5.32 Å².